The molecule has 0 saturated heterocycles. The molecule has 6 nitrogen and oxygen atoms in total. The summed E-state index contributed by atoms with van der Waals surface area (Å²) in [5, 5.41) is 0. The third-order valence-electron chi connectivity index (χ3n) is 3.70. The molecule has 136 valence electrons. The quantitative estimate of drug-likeness (QED) is 0.749. The van der Waals surface area contributed by atoms with Crippen LogP contribution in [0.15, 0.2) is 16.6 Å². The van der Waals surface area contributed by atoms with Crippen LogP contribution in [0.2, 0.25) is 0 Å². The average Bonchev–Trinajstić information content (AvgIpc) is 2.73. The van der Waals surface area contributed by atoms with E-state index in [2.05, 4.69) is 15.9 Å². The maximum atomic E-state index is 14.1. The first-order chi connectivity index (χ1) is 11.5. The van der Waals surface area contributed by atoms with Crippen molar-refractivity contribution < 1.29 is 23.5 Å². The molecule has 0 saturated carbocycles. The van der Waals surface area contributed by atoms with E-state index < -0.39 is 35.2 Å². The molecular weight excluding hydrogens is 395 g/mol. The standard InChI is InChI=1S/C17H20BrFN2O4/c1-17(2,3)25-13(22)5-4-12(15(20)23)21-8-9-6-10(18)7-11(19)14(9)16(21)24/h6-7,12H,4-5,8H2,1-3H3,(H2,20,23)/t12-/m0/s1. The van der Waals surface area contributed by atoms with Crippen molar-refractivity contribution in [3.63, 3.8) is 0 Å². The topological polar surface area (TPSA) is 89.7 Å². The van der Waals surface area contributed by atoms with Crippen molar-refractivity contribution in [1.29, 1.82) is 0 Å². The number of hydrogen-bond donors (Lipinski definition) is 1. The fourth-order valence-electron chi connectivity index (χ4n) is 2.74. The molecule has 0 bridgehead atoms. The molecule has 2 rings (SSSR count). The lowest BCUT2D eigenvalue weighted by Crippen LogP contribution is -2.45. The van der Waals surface area contributed by atoms with Crippen LogP contribution >= 0.6 is 15.9 Å². The Kier molecular flexibility index (Phi) is 5.51. The molecule has 0 spiro atoms. The van der Waals surface area contributed by atoms with Crippen molar-refractivity contribution in [3.8, 4) is 0 Å². The van der Waals surface area contributed by atoms with Crippen LogP contribution in [0.4, 0.5) is 4.39 Å². The Morgan fingerprint density at radius 1 is 1.40 bits per heavy atom. The van der Waals surface area contributed by atoms with E-state index in [1.165, 1.54) is 11.0 Å². The monoisotopic (exact) mass is 414 g/mol. The van der Waals surface area contributed by atoms with Gasteiger partial charge in [0.1, 0.15) is 17.5 Å². The molecule has 1 atom stereocenters. The summed E-state index contributed by atoms with van der Waals surface area (Å²) in [7, 11) is 0. The van der Waals surface area contributed by atoms with Crippen molar-refractivity contribution in [2.75, 3.05) is 0 Å². The van der Waals surface area contributed by atoms with Crippen LogP contribution in [0.3, 0.4) is 0 Å². The van der Waals surface area contributed by atoms with Gasteiger partial charge in [0.25, 0.3) is 5.91 Å². The molecule has 25 heavy (non-hydrogen) atoms. The summed E-state index contributed by atoms with van der Waals surface area (Å²) in [5.74, 6) is -2.50. The Balaban J connectivity index is 2.14. The van der Waals surface area contributed by atoms with Gasteiger partial charge in [0.05, 0.1) is 5.56 Å². The molecule has 8 heteroatoms. The second-order valence-electron chi connectivity index (χ2n) is 6.90. The third-order valence-corrected chi connectivity index (χ3v) is 4.16. The Hall–Kier alpha value is -1.96. The Morgan fingerprint density at radius 3 is 2.60 bits per heavy atom. The van der Waals surface area contributed by atoms with Gasteiger partial charge in [-0.05, 0) is 44.9 Å². The van der Waals surface area contributed by atoms with Crippen molar-refractivity contribution in [2.45, 2.75) is 51.8 Å². The molecule has 0 unspecified atom stereocenters. The van der Waals surface area contributed by atoms with Crippen LogP contribution in [0.1, 0.15) is 49.5 Å². The number of fused-ring (bicyclic) bond motifs is 1. The van der Waals surface area contributed by atoms with Gasteiger partial charge < -0.3 is 15.4 Å². The first kappa shape index (κ1) is 19.4. The molecule has 1 aliphatic heterocycles. The van der Waals surface area contributed by atoms with E-state index in [9.17, 15) is 18.8 Å². The van der Waals surface area contributed by atoms with E-state index in [4.69, 9.17) is 10.5 Å². The van der Waals surface area contributed by atoms with Crippen molar-refractivity contribution in [1.82, 2.24) is 4.90 Å². The van der Waals surface area contributed by atoms with Gasteiger partial charge >= 0.3 is 5.97 Å². The Labute approximate surface area is 153 Å². The normalized spacial score (nSPS) is 15.1. The minimum absolute atomic E-state index is 0.0206. The highest BCUT2D eigenvalue weighted by molar-refractivity contribution is 9.10. The fourth-order valence-corrected chi connectivity index (χ4v) is 3.22. The average molecular weight is 415 g/mol. The first-order valence-corrected chi connectivity index (χ1v) is 8.59. The van der Waals surface area contributed by atoms with Gasteiger partial charge in [-0.2, -0.15) is 0 Å². The zero-order valence-corrected chi connectivity index (χ0v) is 15.9. The fraction of sp³-hybridized carbons (Fsp3) is 0.471. The molecular formula is C17H20BrFN2O4. The molecule has 1 aromatic carbocycles. The summed E-state index contributed by atoms with van der Waals surface area (Å²) in [4.78, 5) is 37.4. The summed E-state index contributed by atoms with van der Waals surface area (Å²) in [6.45, 7) is 5.26. The number of nitrogens with zero attached hydrogens (tertiary/aromatic N) is 1. The summed E-state index contributed by atoms with van der Waals surface area (Å²) in [6.07, 6.45) is -0.0516. The molecule has 0 fully saturated rings. The number of benzene rings is 1. The number of ether oxygens (including phenoxy) is 1. The van der Waals surface area contributed by atoms with Crippen LogP contribution in [-0.2, 0) is 20.9 Å². The van der Waals surface area contributed by atoms with E-state index in [1.807, 2.05) is 0 Å². The first-order valence-electron chi connectivity index (χ1n) is 7.79. The van der Waals surface area contributed by atoms with Gasteiger partial charge in [0.15, 0.2) is 0 Å². The lowest BCUT2D eigenvalue weighted by molar-refractivity contribution is -0.155. The molecule has 0 aliphatic carbocycles. The molecule has 1 aliphatic rings. The van der Waals surface area contributed by atoms with Gasteiger partial charge in [0.2, 0.25) is 5.91 Å². The number of halogens is 2. The minimum Gasteiger partial charge on any atom is -0.460 e. The number of carbonyl (C=O) groups is 3. The summed E-state index contributed by atoms with van der Waals surface area (Å²) in [6, 6.07) is 1.81. The molecule has 0 aromatic heterocycles. The zero-order chi connectivity index (χ0) is 18.9. The molecule has 2 N–H and O–H groups in total. The Morgan fingerprint density at radius 2 is 2.04 bits per heavy atom. The smallest absolute Gasteiger partial charge is 0.306 e. The van der Waals surface area contributed by atoms with Crippen molar-refractivity contribution >= 4 is 33.7 Å². The van der Waals surface area contributed by atoms with Gasteiger partial charge in [-0.15, -0.1) is 0 Å². The van der Waals surface area contributed by atoms with Gasteiger partial charge in [0, 0.05) is 17.4 Å². The second kappa shape index (κ2) is 7.11. The SMILES string of the molecule is CC(C)(C)OC(=O)CC[C@@H](C(N)=O)N1Cc2cc(Br)cc(F)c2C1=O. The van der Waals surface area contributed by atoms with Crippen LogP contribution < -0.4 is 5.73 Å². The highest BCUT2D eigenvalue weighted by Gasteiger charge is 2.37. The highest BCUT2D eigenvalue weighted by Crippen LogP contribution is 2.31. The van der Waals surface area contributed by atoms with Crippen LogP contribution in [0, 0.1) is 5.82 Å². The molecule has 1 aromatic rings. The predicted molar refractivity (Wildman–Crippen MR) is 92.0 cm³/mol. The molecule has 2 amide bonds. The Bertz CT molecular complexity index is 730. The number of esters is 1. The predicted octanol–water partition coefficient (Wildman–Crippen LogP) is 2.52. The van der Waals surface area contributed by atoms with E-state index in [0.717, 1.165) is 0 Å². The summed E-state index contributed by atoms with van der Waals surface area (Å²) < 4.78 is 19.8. The molecule has 1 heterocycles. The number of carbonyl (C=O) groups excluding carboxylic acids is 3. The van der Waals surface area contributed by atoms with Gasteiger partial charge in [-0.1, -0.05) is 15.9 Å². The van der Waals surface area contributed by atoms with Crippen molar-refractivity contribution in [2.24, 2.45) is 5.73 Å². The number of nitrogens with two attached hydrogens (primary N) is 1. The molecule has 0 radical (unpaired) electrons. The lowest BCUT2D eigenvalue weighted by atomic mass is 10.1. The van der Waals surface area contributed by atoms with Gasteiger partial charge in [-0.25, -0.2) is 4.39 Å². The summed E-state index contributed by atoms with van der Waals surface area (Å²) in [5.41, 5.74) is 5.17. The van der Waals surface area contributed by atoms with Crippen LogP contribution in [0.25, 0.3) is 0 Å². The van der Waals surface area contributed by atoms with Crippen LogP contribution in [-0.4, -0.2) is 34.3 Å². The number of primary amides is 1. The second-order valence-corrected chi connectivity index (χ2v) is 7.81. The van der Waals surface area contributed by atoms with Gasteiger partial charge in [-0.3, -0.25) is 14.4 Å². The minimum atomic E-state index is -1.01. The zero-order valence-electron chi connectivity index (χ0n) is 14.3. The van der Waals surface area contributed by atoms with E-state index in [1.54, 1.807) is 26.8 Å². The van der Waals surface area contributed by atoms with Crippen molar-refractivity contribution in [3.05, 3.63) is 33.5 Å². The van der Waals surface area contributed by atoms with E-state index in [0.29, 0.717) is 10.0 Å². The number of hydrogen-bond acceptors (Lipinski definition) is 4. The maximum absolute atomic E-state index is 14.1. The highest BCUT2D eigenvalue weighted by atomic mass is 79.9. The summed E-state index contributed by atoms with van der Waals surface area (Å²) >= 11 is 3.18. The third kappa shape index (κ3) is 4.56. The van der Waals surface area contributed by atoms with E-state index >= 15 is 0 Å². The van der Waals surface area contributed by atoms with E-state index in [-0.39, 0.29) is 24.9 Å². The maximum Gasteiger partial charge on any atom is 0.306 e. The number of rotatable bonds is 5. The lowest BCUT2D eigenvalue weighted by Gasteiger charge is -2.25. The largest absolute Gasteiger partial charge is 0.460 e. The van der Waals surface area contributed by atoms with Crippen LogP contribution in [0.5, 0.6) is 0 Å². The number of amides is 2.